The molecule has 0 spiro atoms. The van der Waals surface area contributed by atoms with Gasteiger partial charge in [0.15, 0.2) is 0 Å². The molecular weight excluding hydrogens is 483 g/mol. The van der Waals surface area contributed by atoms with Crippen molar-refractivity contribution in [1.82, 2.24) is 14.4 Å². The molecule has 38 heavy (non-hydrogen) atoms. The highest BCUT2D eigenvalue weighted by Crippen LogP contribution is 2.37. The minimum atomic E-state index is -0.455. The van der Waals surface area contributed by atoms with E-state index in [1.165, 1.54) is 18.2 Å². The zero-order valence-electron chi connectivity index (χ0n) is 21.4. The number of carbonyl (C=O) groups is 1. The van der Waals surface area contributed by atoms with Crippen LogP contribution in [-0.4, -0.2) is 57.9 Å². The topological polar surface area (TPSA) is 71.6 Å². The molecule has 3 aromatic carbocycles. The fourth-order valence-corrected chi connectivity index (χ4v) is 5.36. The molecule has 1 amide bonds. The summed E-state index contributed by atoms with van der Waals surface area (Å²) < 4.78 is 16.5. The number of hydrogen-bond donors (Lipinski definition) is 0. The molecule has 8 heteroatoms. The smallest absolute Gasteiger partial charge is 0.270 e. The molecule has 1 aliphatic rings. The molecule has 4 aromatic rings. The molecule has 1 atom stereocenters. The van der Waals surface area contributed by atoms with Crippen LogP contribution < -0.4 is 0 Å². The summed E-state index contributed by atoms with van der Waals surface area (Å²) >= 11 is 0. The van der Waals surface area contributed by atoms with Crippen LogP contribution in [0.4, 0.5) is 10.1 Å². The Kier molecular flexibility index (Phi) is 7.51. The van der Waals surface area contributed by atoms with Gasteiger partial charge in [0.05, 0.1) is 4.92 Å². The van der Waals surface area contributed by atoms with Crippen molar-refractivity contribution < 1.29 is 14.1 Å². The maximum atomic E-state index is 14.4. The number of carbonyl (C=O) groups excluding carboxylic acids is 1. The molecule has 1 aliphatic heterocycles. The zero-order valence-corrected chi connectivity index (χ0v) is 21.4. The number of rotatable bonds is 8. The lowest BCUT2D eigenvalue weighted by Crippen LogP contribution is -2.48. The molecule has 196 valence electrons. The van der Waals surface area contributed by atoms with Crippen LogP contribution in [0.5, 0.6) is 0 Å². The number of halogens is 1. The minimum absolute atomic E-state index is 0.00408. The number of nitro groups is 1. The first-order valence-electron chi connectivity index (χ1n) is 13.0. The SMILES string of the molecule is CCN1CCN(C(=O)C[C@@H](c2cccc(F)c2)c2cn(Cc3ccccc3)c3ccc([N+](=O)[O-])cc23)CC1. The second-order valence-electron chi connectivity index (χ2n) is 9.78. The van der Waals surface area contributed by atoms with Crippen molar-refractivity contribution in [3.63, 3.8) is 0 Å². The molecule has 0 unspecified atom stereocenters. The second kappa shape index (κ2) is 11.1. The van der Waals surface area contributed by atoms with Crippen LogP contribution in [-0.2, 0) is 11.3 Å². The number of likely N-dealkylation sites (N-methyl/N-ethyl adjacent to an activating group) is 1. The first-order valence-corrected chi connectivity index (χ1v) is 13.0. The van der Waals surface area contributed by atoms with Crippen LogP contribution in [0.15, 0.2) is 79.0 Å². The van der Waals surface area contributed by atoms with E-state index < -0.39 is 10.8 Å². The van der Waals surface area contributed by atoms with Crippen molar-refractivity contribution in [2.45, 2.75) is 25.8 Å². The van der Waals surface area contributed by atoms with Gasteiger partial charge in [-0.3, -0.25) is 14.9 Å². The van der Waals surface area contributed by atoms with Gasteiger partial charge >= 0.3 is 0 Å². The highest BCUT2D eigenvalue weighted by Gasteiger charge is 2.28. The summed E-state index contributed by atoms with van der Waals surface area (Å²) in [5, 5.41) is 12.4. The minimum Gasteiger partial charge on any atom is -0.343 e. The number of benzene rings is 3. The highest BCUT2D eigenvalue weighted by molar-refractivity contribution is 5.88. The van der Waals surface area contributed by atoms with E-state index in [-0.39, 0.29) is 23.8 Å². The van der Waals surface area contributed by atoms with Crippen LogP contribution in [0.2, 0.25) is 0 Å². The Hall–Kier alpha value is -4.04. The summed E-state index contributed by atoms with van der Waals surface area (Å²) in [7, 11) is 0. The largest absolute Gasteiger partial charge is 0.343 e. The first-order chi connectivity index (χ1) is 18.4. The monoisotopic (exact) mass is 514 g/mol. The molecule has 0 N–H and O–H groups in total. The molecule has 7 nitrogen and oxygen atoms in total. The predicted molar refractivity (Wildman–Crippen MR) is 146 cm³/mol. The Balaban J connectivity index is 1.58. The summed E-state index contributed by atoms with van der Waals surface area (Å²) in [6.45, 7) is 6.60. The summed E-state index contributed by atoms with van der Waals surface area (Å²) in [6.07, 6.45) is 2.13. The normalized spacial score (nSPS) is 15.1. The summed E-state index contributed by atoms with van der Waals surface area (Å²) in [5.41, 5.74) is 3.36. The third kappa shape index (κ3) is 5.45. The number of hydrogen-bond acceptors (Lipinski definition) is 4. The van der Waals surface area contributed by atoms with Crippen LogP contribution in [0, 0.1) is 15.9 Å². The molecule has 0 aliphatic carbocycles. The van der Waals surface area contributed by atoms with Crippen molar-refractivity contribution in [2.24, 2.45) is 0 Å². The van der Waals surface area contributed by atoms with Crippen molar-refractivity contribution in [2.75, 3.05) is 32.7 Å². The summed E-state index contributed by atoms with van der Waals surface area (Å²) in [4.78, 5) is 29.0. The number of nitrogens with zero attached hydrogens (tertiary/aromatic N) is 4. The van der Waals surface area contributed by atoms with Gasteiger partial charge in [-0.2, -0.15) is 0 Å². The van der Waals surface area contributed by atoms with E-state index in [1.807, 2.05) is 47.5 Å². The lowest BCUT2D eigenvalue weighted by molar-refractivity contribution is -0.384. The quantitative estimate of drug-likeness (QED) is 0.232. The Morgan fingerprint density at radius 1 is 1.00 bits per heavy atom. The van der Waals surface area contributed by atoms with E-state index in [2.05, 4.69) is 16.4 Å². The molecule has 5 rings (SSSR count). The van der Waals surface area contributed by atoms with Crippen molar-refractivity contribution in [3.05, 3.63) is 112 Å². The van der Waals surface area contributed by atoms with E-state index in [0.717, 1.165) is 36.3 Å². The third-order valence-electron chi connectivity index (χ3n) is 7.48. The number of non-ortho nitro benzene ring substituents is 1. The maximum absolute atomic E-state index is 14.4. The van der Waals surface area contributed by atoms with Crippen molar-refractivity contribution >= 4 is 22.5 Å². The molecule has 0 saturated carbocycles. The lowest BCUT2D eigenvalue weighted by atomic mass is 9.87. The Morgan fingerprint density at radius 2 is 1.76 bits per heavy atom. The lowest BCUT2D eigenvalue weighted by Gasteiger charge is -2.34. The van der Waals surface area contributed by atoms with E-state index in [4.69, 9.17) is 0 Å². The molecule has 1 saturated heterocycles. The molecule has 1 aromatic heterocycles. The molecule has 1 fully saturated rings. The maximum Gasteiger partial charge on any atom is 0.270 e. The highest BCUT2D eigenvalue weighted by atomic mass is 19.1. The Morgan fingerprint density at radius 3 is 2.45 bits per heavy atom. The Bertz CT molecular complexity index is 1440. The van der Waals surface area contributed by atoms with E-state index in [0.29, 0.717) is 30.6 Å². The summed E-state index contributed by atoms with van der Waals surface area (Å²) in [5.74, 6) is -0.830. The first kappa shape index (κ1) is 25.6. The molecule has 2 heterocycles. The van der Waals surface area contributed by atoms with Gasteiger partial charge in [0.25, 0.3) is 5.69 Å². The molecule has 0 bridgehead atoms. The van der Waals surface area contributed by atoms with E-state index >= 15 is 0 Å². The van der Waals surface area contributed by atoms with Crippen LogP contribution in [0.25, 0.3) is 10.9 Å². The van der Waals surface area contributed by atoms with Gasteiger partial charge < -0.3 is 14.4 Å². The average Bonchev–Trinajstić information content (AvgIpc) is 3.29. The number of fused-ring (bicyclic) bond motifs is 1. The van der Waals surface area contributed by atoms with Crippen molar-refractivity contribution in [1.29, 1.82) is 0 Å². The standard InChI is InChI=1S/C30H31FN4O3/c1-2-32-13-15-33(16-14-32)30(36)19-26(23-9-6-10-24(31)17-23)28-21-34(20-22-7-4-3-5-8-22)29-12-11-25(35(37)38)18-27(28)29/h3-12,17-18,21,26H,2,13-16,19-20H2,1H3/t26-/m0/s1. The second-order valence-corrected chi connectivity index (χ2v) is 9.78. The van der Waals surface area contributed by atoms with Gasteiger partial charge in [0, 0.05) is 74.3 Å². The van der Waals surface area contributed by atoms with E-state index in [9.17, 15) is 19.3 Å². The van der Waals surface area contributed by atoms with E-state index in [1.54, 1.807) is 18.2 Å². The number of aromatic nitrogens is 1. The van der Waals surface area contributed by atoms with Crippen LogP contribution in [0.1, 0.15) is 36.0 Å². The summed E-state index contributed by atoms with van der Waals surface area (Å²) in [6, 6.07) is 21.1. The average molecular weight is 515 g/mol. The number of amides is 1. The van der Waals surface area contributed by atoms with Gasteiger partial charge in [0.1, 0.15) is 5.82 Å². The fourth-order valence-electron chi connectivity index (χ4n) is 5.36. The van der Waals surface area contributed by atoms with Gasteiger partial charge in [0.2, 0.25) is 5.91 Å². The number of piperazine rings is 1. The van der Waals surface area contributed by atoms with Crippen LogP contribution in [0.3, 0.4) is 0 Å². The van der Waals surface area contributed by atoms with Gasteiger partial charge in [-0.15, -0.1) is 0 Å². The zero-order chi connectivity index (χ0) is 26.6. The molecule has 0 radical (unpaired) electrons. The van der Waals surface area contributed by atoms with Crippen molar-refractivity contribution in [3.8, 4) is 0 Å². The Labute approximate surface area is 221 Å². The van der Waals surface area contributed by atoms with Gasteiger partial charge in [-0.05, 0) is 41.4 Å². The number of nitro benzene ring substituents is 1. The van der Waals surface area contributed by atoms with Crippen LogP contribution >= 0.6 is 0 Å². The van der Waals surface area contributed by atoms with Gasteiger partial charge in [-0.1, -0.05) is 49.4 Å². The molecular formula is C30H31FN4O3. The van der Waals surface area contributed by atoms with Gasteiger partial charge in [-0.25, -0.2) is 4.39 Å². The fraction of sp³-hybridized carbons (Fsp3) is 0.300. The predicted octanol–water partition coefficient (Wildman–Crippen LogP) is 5.42. The third-order valence-corrected chi connectivity index (χ3v) is 7.48.